The molecule has 3 aromatic rings. The van der Waals surface area contributed by atoms with E-state index in [1.54, 1.807) is 50.4 Å². The Kier molecular flexibility index (Phi) is 6.79. The molecule has 7 nitrogen and oxygen atoms in total. The zero-order valence-electron chi connectivity index (χ0n) is 16.5. The van der Waals surface area contributed by atoms with E-state index < -0.39 is 5.91 Å². The lowest BCUT2D eigenvalue weighted by Gasteiger charge is -2.06. The Labute approximate surface area is 172 Å². The summed E-state index contributed by atoms with van der Waals surface area (Å²) in [5.41, 5.74) is 1.71. The molecule has 1 heterocycles. The molecule has 0 atom stereocenters. The van der Waals surface area contributed by atoms with Crippen LogP contribution in [0.1, 0.15) is 27.6 Å². The summed E-state index contributed by atoms with van der Waals surface area (Å²) >= 11 is 1.33. The molecular weight excluding hydrogens is 392 g/mol. The van der Waals surface area contributed by atoms with Crippen molar-refractivity contribution in [3.63, 3.8) is 0 Å². The van der Waals surface area contributed by atoms with E-state index in [1.807, 2.05) is 10.6 Å². The average molecular weight is 414 g/mol. The second-order valence-corrected chi connectivity index (χ2v) is 7.06. The van der Waals surface area contributed by atoms with Gasteiger partial charge in [-0.3, -0.25) is 4.79 Å². The third kappa shape index (κ3) is 4.55. The van der Waals surface area contributed by atoms with E-state index in [2.05, 4.69) is 4.99 Å². The molecule has 29 heavy (non-hydrogen) atoms. The quantitative estimate of drug-likeness (QED) is 0.555. The number of hydrogen-bond donors (Lipinski definition) is 0. The number of nitrogens with zero attached hydrogens (tertiary/aromatic N) is 2. The van der Waals surface area contributed by atoms with E-state index in [9.17, 15) is 9.59 Å². The number of thiazole rings is 1. The molecule has 0 aliphatic carbocycles. The Morgan fingerprint density at radius 2 is 1.93 bits per heavy atom. The predicted molar refractivity (Wildman–Crippen MR) is 111 cm³/mol. The van der Waals surface area contributed by atoms with Crippen LogP contribution in [-0.2, 0) is 16.0 Å². The molecule has 0 saturated heterocycles. The van der Waals surface area contributed by atoms with Crippen LogP contribution >= 0.6 is 11.3 Å². The van der Waals surface area contributed by atoms with Crippen LogP contribution in [-0.4, -0.2) is 43.9 Å². The first-order chi connectivity index (χ1) is 14.1. The maximum absolute atomic E-state index is 12.8. The summed E-state index contributed by atoms with van der Waals surface area (Å²) < 4.78 is 18.3. The minimum Gasteiger partial charge on any atom is -0.496 e. The van der Waals surface area contributed by atoms with Gasteiger partial charge in [0.25, 0.3) is 5.91 Å². The number of aromatic nitrogens is 1. The molecule has 1 amide bonds. The molecule has 152 valence electrons. The molecule has 0 saturated carbocycles. The number of carbonyl (C=O) groups excluding carboxylic acids is 2. The van der Waals surface area contributed by atoms with Crippen molar-refractivity contribution in [2.24, 2.45) is 4.99 Å². The zero-order valence-corrected chi connectivity index (χ0v) is 17.3. The van der Waals surface area contributed by atoms with Gasteiger partial charge in [-0.2, -0.15) is 4.99 Å². The lowest BCUT2D eigenvalue weighted by atomic mass is 10.2. The highest BCUT2D eigenvalue weighted by molar-refractivity contribution is 7.16. The number of amides is 1. The molecule has 3 rings (SSSR count). The van der Waals surface area contributed by atoms with Crippen LogP contribution in [0.2, 0.25) is 0 Å². The number of methoxy groups -OCH3 is 2. The van der Waals surface area contributed by atoms with Gasteiger partial charge in [0, 0.05) is 13.7 Å². The zero-order chi connectivity index (χ0) is 20.8. The fraction of sp³-hybridized carbons (Fsp3) is 0.286. The Morgan fingerprint density at radius 3 is 2.66 bits per heavy atom. The van der Waals surface area contributed by atoms with Crippen molar-refractivity contribution in [2.45, 2.75) is 13.5 Å². The van der Waals surface area contributed by atoms with Crippen LogP contribution in [0.15, 0.2) is 47.5 Å². The molecule has 1 aromatic heterocycles. The lowest BCUT2D eigenvalue weighted by Crippen LogP contribution is -2.19. The second-order valence-electron chi connectivity index (χ2n) is 6.05. The predicted octanol–water partition coefficient (Wildman–Crippen LogP) is 3.28. The maximum atomic E-state index is 12.8. The Morgan fingerprint density at radius 1 is 1.14 bits per heavy atom. The van der Waals surface area contributed by atoms with Crippen LogP contribution in [0, 0.1) is 0 Å². The summed E-state index contributed by atoms with van der Waals surface area (Å²) in [5.74, 6) is -0.309. The minimum absolute atomic E-state index is 0.309. The number of fused-ring (bicyclic) bond motifs is 1. The van der Waals surface area contributed by atoms with Crippen LogP contribution in [0.4, 0.5) is 0 Å². The van der Waals surface area contributed by atoms with E-state index in [1.165, 1.54) is 18.4 Å². The number of rotatable bonds is 7. The van der Waals surface area contributed by atoms with Gasteiger partial charge in [-0.05, 0) is 37.3 Å². The van der Waals surface area contributed by atoms with Crippen LogP contribution in [0.25, 0.3) is 10.2 Å². The summed E-state index contributed by atoms with van der Waals surface area (Å²) in [5, 5.41) is 0. The molecule has 0 radical (unpaired) electrons. The third-order valence-corrected chi connectivity index (χ3v) is 5.29. The largest absolute Gasteiger partial charge is 0.496 e. The molecule has 0 unspecified atom stereocenters. The van der Waals surface area contributed by atoms with Gasteiger partial charge >= 0.3 is 5.97 Å². The number of benzene rings is 2. The maximum Gasteiger partial charge on any atom is 0.338 e. The lowest BCUT2D eigenvalue weighted by molar-refractivity contribution is 0.0526. The molecule has 8 heteroatoms. The summed E-state index contributed by atoms with van der Waals surface area (Å²) in [6, 6.07) is 12.3. The van der Waals surface area contributed by atoms with Crippen molar-refractivity contribution in [3.05, 3.63) is 58.4 Å². The number of para-hydroxylation sites is 1. The summed E-state index contributed by atoms with van der Waals surface area (Å²) in [7, 11) is 3.13. The van der Waals surface area contributed by atoms with Gasteiger partial charge in [-0.1, -0.05) is 23.5 Å². The standard InChI is InChI=1S/C21H22N2O5S/c1-4-28-20(25)14-9-10-16-18(13-14)29-21(23(16)11-12-26-2)22-19(24)15-7-5-6-8-17(15)27-3/h5-10,13H,4,11-12H2,1-3H3. The first-order valence-electron chi connectivity index (χ1n) is 9.10. The monoisotopic (exact) mass is 414 g/mol. The second kappa shape index (κ2) is 9.49. The molecule has 0 fully saturated rings. The molecular formula is C21H22N2O5S. The summed E-state index contributed by atoms with van der Waals surface area (Å²) in [6.45, 7) is 3.05. The van der Waals surface area contributed by atoms with Gasteiger partial charge in [0.15, 0.2) is 4.80 Å². The normalized spacial score (nSPS) is 11.6. The Balaban J connectivity index is 2.10. The topological polar surface area (TPSA) is 79.1 Å². The molecule has 0 aliphatic rings. The fourth-order valence-corrected chi connectivity index (χ4v) is 3.96. The van der Waals surface area contributed by atoms with Gasteiger partial charge in [-0.25, -0.2) is 4.79 Å². The van der Waals surface area contributed by atoms with E-state index in [4.69, 9.17) is 14.2 Å². The van der Waals surface area contributed by atoms with Crippen LogP contribution in [0.3, 0.4) is 0 Å². The fourth-order valence-electron chi connectivity index (χ4n) is 2.87. The van der Waals surface area contributed by atoms with Gasteiger partial charge in [0.05, 0.1) is 41.7 Å². The number of ether oxygens (including phenoxy) is 3. The van der Waals surface area contributed by atoms with E-state index >= 15 is 0 Å². The van der Waals surface area contributed by atoms with Gasteiger partial charge in [0.1, 0.15) is 5.75 Å². The summed E-state index contributed by atoms with van der Waals surface area (Å²) in [6.07, 6.45) is 0. The molecule has 0 N–H and O–H groups in total. The van der Waals surface area contributed by atoms with Crippen molar-refractivity contribution in [3.8, 4) is 5.75 Å². The smallest absolute Gasteiger partial charge is 0.338 e. The SMILES string of the molecule is CCOC(=O)c1ccc2c(c1)sc(=NC(=O)c1ccccc1OC)n2CCOC. The van der Waals surface area contributed by atoms with Crippen LogP contribution in [0.5, 0.6) is 5.75 Å². The molecule has 0 aliphatic heterocycles. The molecule has 2 aromatic carbocycles. The summed E-state index contributed by atoms with van der Waals surface area (Å²) in [4.78, 5) is 29.7. The highest BCUT2D eigenvalue weighted by atomic mass is 32.1. The van der Waals surface area contributed by atoms with E-state index in [0.29, 0.717) is 41.4 Å². The van der Waals surface area contributed by atoms with Crippen molar-refractivity contribution >= 4 is 33.4 Å². The molecule has 0 spiro atoms. The van der Waals surface area contributed by atoms with E-state index in [0.717, 1.165) is 10.2 Å². The Bertz CT molecular complexity index is 1100. The number of carbonyl (C=O) groups is 2. The number of hydrogen-bond acceptors (Lipinski definition) is 6. The minimum atomic E-state index is -0.397. The van der Waals surface area contributed by atoms with Crippen LogP contribution < -0.4 is 9.54 Å². The van der Waals surface area contributed by atoms with Crippen molar-refractivity contribution in [1.82, 2.24) is 4.57 Å². The Hall–Kier alpha value is -2.97. The van der Waals surface area contributed by atoms with E-state index in [-0.39, 0.29) is 5.97 Å². The van der Waals surface area contributed by atoms with Crippen molar-refractivity contribution < 1.29 is 23.8 Å². The van der Waals surface area contributed by atoms with Crippen molar-refractivity contribution in [2.75, 3.05) is 27.4 Å². The van der Waals surface area contributed by atoms with Gasteiger partial charge in [0.2, 0.25) is 0 Å². The first-order valence-corrected chi connectivity index (χ1v) is 9.92. The van der Waals surface area contributed by atoms with Gasteiger partial charge in [-0.15, -0.1) is 0 Å². The molecule has 0 bridgehead atoms. The highest BCUT2D eigenvalue weighted by Crippen LogP contribution is 2.21. The average Bonchev–Trinajstić information content (AvgIpc) is 3.08. The van der Waals surface area contributed by atoms with Crippen molar-refractivity contribution in [1.29, 1.82) is 0 Å². The first kappa shape index (κ1) is 20.8. The van der Waals surface area contributed by atoms with Gasteiger partial charge < -0.3 is 18.8 Å². The third-order valence-electron chi connectivity index (χ3n) is 4.25. The highest BCUT2D eigenvalue weighted by Gasteiger charge is 2.14. The number of esters is 1.